The standard InChI is InChI=1S/C19H21N3OS/c1-11(2)17-8-14-15(9-20)18(21)22(19(24)16(14)10-23-17)13-6-4-5-12(3)7-13/h4-7,11,17H,8,10,21H2,1-3H3/t17-/m0/s1. The van der Waals surface area contributed by atoms with Crippen molar-refractivity contribution in [3.63, 3.8) is 0 Å². The highest BCUT2D eigenvalue weighted by molar-refractivity contribution is 7.71. The fourth-order valence-electron chi connectivity index (χ4n) is 3.19. The second-order valence-corrected chi connectivity index (χ2v) is 6.99. The Kier molecular flexibility index (Phi) is 4.44. The molecule has 124 valence electrons. The van der Waals surface area contributed by atoms with Gasteiger partial charge in [-0.3, -0.25) is 4.57 Å². The van der Waals surface area contributed by atoms with Crippen LogP contribution < -0.4 is 5.73 Å². The number of nitrogen functional groups attached to an aromatic ring is 1. The highest BCUT2D eigenvalue weighted by Crippen LogP contribution is 2.33. The molecule has 0 unspecified atom stereocenters. The van der Waals surface area contributed by atoms with Gasteiger partial charge in [0.05, 0.1) is 18.3 Å². The number of aromatic nitrogens is 1. The van der Waals surface area contributed by atoms with Gasteiger partial charge in [-0.25, -0.2) is 0 Å². The molecule has 0 saturated carbocycles. The Labute approximate surface area is 147 Å². The SMILES string of the molecule is Cc1cccc(-n2c(N)c(C#N)c3c(c2=S)CO[C@H](C(C)C)C3)c1. The van der Waals surface area contributed by atoms with Crippen molar-refractivity contribution in [2.75, 3.05) is 5.73 Å². The molecule has 0 radical (unpaired) electrons. The minimum Gasteiger partial charge on any atom is -0.384 e. The fraction of sp³-hybridized carbons (Fsp3) is 0.368. The van der Waals surface area contributed by atoms with Crippen LogP contribution in [0.3, 0.4) is 0 Å². The molecule has 0 aliphatic carbocycles. The normalized spacial score (nSPS) is 16.7. The van der Waals surface area contributed by atoms with Gasteiger partial charge in [0, 0.05) is 17.7 Å². The summed E-state index contributed by atoms with van der Waals surface area (Å²) in [6, 6.07) is 10.2. The highest BCUT2D eigenvalue weighted by atomic mass is 32.1. The third kappa shape index (κ3) is 2.72. The number of ether oxygens (including phenoxy) is 1. The second kappa shape index (κ2) is 6.39. The quantitative estimate of drug-likeness (QED) is 0.838. The van der Waals surface area contributed by atoms with Gasteiger partial charge in [0.1, 0.15) is 16.5 Å². The summed E-state index contributed by atoms with van der Waals surface area (Å²) in [5.41, 5.74) is 10.7. The van der Waals surface area contributed by atoms with E-state index in [0.29, 0.717) is 35.0 Å². The molecule has 4 nitrogen and oxygen atoms in total. The van der Waals surface area contributed by atoms with E-state index in [0.717, 1.165) is 22.4 Å². The summed E-state index contributed by atoms with van der Waals surface area (Å²) in [7, 11) is 0. The summed E-state index contributed by atoms with van der Waals surface area (Å²) in [5, 5.41) is 9.70. The molecule has 5 heteroatoms. The van der Waals surface area contributed by atoms with Gasteiger partial charge in [0.25, 0.3) is 0 Å². The van der Waals surface area contributed by atoms with Crippen LogP contribution in [-0.2, 0) is 17.8 Å². The average molecular weight is 339 g/mol. The maximum Gasteiger partial charge on any atom is 0.127 e. The van der Waals surface area contributed by atoms with Crippen LogP contribution in [0.5, 0.6) is 0 Å². The molecule has 1 aromatic heterocycles. The number of pyridine rings is 1. The summed E-state index contributed by atoms with van der Waals surface area (Å²) in [6.45, 7) is 6.69. The number of hydrogen-bond acceptors (Lipinski definition) is 4. The number of nitrogens with zero attached hydrogens (tertiary/aromatic N) is 2. The third-order valence-corrected chi connectivity index (χ3v) is 5.02. The monoisotopic (exact) mass is 339 g/mol. The van der Waals surface area contributed by atoms with Crippen molar-refractivity contribution in [3.8, 4) is 11.8 Å². The fourth-order valence-corrected chi connectivity index (χ4v) is 3.58. The van der Waals surface area contributed by atoms with E-state index in [9.17, 15) is 5.26 Å². The van der Waals surface area contributed by atoms with E-state index in [1.807, 2.05) is 31.2 Å². The molecule has 0 bridgehead atoms. The molecule has 0 saturated heterocycles. The van der Waals surface area contributed by atoms with Gasteiger partial charge >= 0.3 is 0 Å². The number of benzene rings is 1. The van der Waals surface area contributed by atoms with Crippen LogP contribution >= 0.6 is 12.2 Å². The van der Waals surface area contributed by atoms with Crippen LogP contribution in [0, 0.1) is 28.8 Å². The molecule has 0 spiro atoms. The molecule has 2 aromatic rings. The molecule has 3 rings (SSSR count). The Hall–Kier alpha value is -2.16. The van der Waals surface area contributed by atoms with Crippen LogP contribution in [0.2, 0.25) is 0 Å². The summed E-state index contributed by atoms with van der Waals surface area (Å²) in [5.74, 6) is 0.792. The minimum atomic E-state index is 0.0909. The Bertz CT molecular complexity index is 893. The molecule has 1 aliphatic heterocycles. The van der Waals surface area contributed by atoms with Gasteiger partial charge in [0.2, 0.25) is 0 Å². The zero-order valence-corrected chi connectivity index (χ0v) is 15.0. The van der Waals surface area contributed by atoms with Gasteiger partial charge in [-0.2, -0.15) is 5.26 Å². The van der Waals surface area contributed by atoms with Crippen LogP contribution in [0.15, 0.2) is 24.3 Å². The first kappa shape index (κ1) is 16.7. The summed E-state index contributed by atoms with van der Waals surface area (Å²) in [6.07, 6.45) is 0.770. The zero-order valence-electron chi connectivity index (χ0n) is 14.2. The van der Waals surface area contributed by atoms with Gasteiger partial charge < -0.3 is 10.5 Å². The van der Waals surface area contributed by atoms with Crippen LogP contribution in [0.1, 0.15) is 36.1 Å². The molecule has 2 heterocycles. The maximum absolute atomic E-state index is 9.70. The van der Waals surface area contributed by atoms with E-state index >= 15 is 0 Å². The van der Waals surface area contributed by atoms with Crippen molar-refractivity contribution in [3.05, 3.63) is 51.2 Å². The van der Waals surface area contributed by atoms with Gasteiger partial charge in [0.15, 0.2) is 0 Å². The van der Waals surface area contributed by atoms with Gasteiger partial charge in [-0.1, -0.05) is 38.2 Å². The van der Waals surface area contributed by atoms with Crippen LogP contribution in [0.4, 0.5) is 5.82 Å². The van der Waals surface area contributed by atoms with Crippen molar-refractivity contribution in [2.45, 2.75) is 39.9 Å². The lowest BCUT2D eigenvalue weighted by atomic mass is 9.91. The predicted octanol–water partition coefficient (Wildman–Crippen LogP) is 4.07. The summed E-state index contributed by atoms with van der Waals surface area (Å²) >= 11 is 5.70. The maximum atomic E-state index is 9.70. The Morgan fingerprint density at radius 3 is 2.75 bits per heavy atom. The molecule has 1 aliphatic rings. The van der Waals surface area contributed by atoms with Gasteiger partial charge in [-0.05, 0) is 36.1 Å². The topological polar surface area (TPSA) is 64.0 Å². The van der Waals surface area contributed by atoms with E-state index in [1.165, 1.54) is 0 Å². The van der Waals surface area contributed by atoms with Crippen molar-refractivity contribution in [2.24, 2.45) is 5.92 Å². The number of nitriles is 1. The van der Waals surface area contributed by atoms with E-state index in [-0.39, 0.29) is 6.10 Å². The van der Waals surface area contributed by atoms with Crippen molar-refractivity contribution < 1.29 is 4.74 Å². The molecule has 1 aromatic carbocycles. The minimum absolute atomic E-state index is 0.0909. The Morgan fingerprint density at radius 1 is 1.38 bits per heavy atom. The second-order valence-electron chi connectivity index (χ2n) is 6.61. The Balaban J connectivity index is 2.26. The van der Waals surface area contributed by atoms with Crippen molar-refractivity contribution >= 4 is 18.0 Å². The van der Waals surface area contributed by atoms with Crippen molar-refractivity contribution in [1.82, 2.24) is 4.57 Å². The first-order valence-electron chi connectivity index (χ1n) is 8.09. The zero-order chi connectivity index (χ0) is 17.4. The summed E-state index contributed by atoms with van der Waals surface area (Å²) in [4.78, 5) is 0. The lowest BCUT2D eigenvalue weighted by Gasteiger charge is -2.30. The smallest absolute Gasteiger partial charge is 0.127 e. The van der Waals surface area contributed by atoms with E-state index in [1.54, 1.807) is 4.57 Å². The van der Waals surface area contributed by atoms with E-state index < -0.39 is 0 Å². The molecule has 0 fully saturated rings. The number of fused-ring (bicyclic) bond motifs is 1. The lowest BCUT2D eigenvalue weighted by molar-refractivity contribution is -0.000853. The number of rotatable bonds is 2. The molecule has 0 amide bonds. The average Bonchev–Trinajstić information content (AvgIpc) is 2.55. The Morgan fingerprint density at radius 2 is 2.12 bits per heavy atom. The third-order valence-electron chi connectivity index (χ3n) is 4.59. The number of hydrogen-bond donors (Lipinski definition) is 1. The van der Waals surface area contributed by atoms with Gasteiger partial charge in [-0.15, -0.1) is 0 Å². The first-order chi connectivity index (χ1) is 11.4. The lowest BCUT2D eigenvalue weighted by Crippen LogP contribution is -2.29. The van der Waals surface area contributed by atoms with Crippen molar-refractivity contribution in [1.29, 1.82) is 5.26 Å². The molecular weight excluding hydrogens is 318 g/mol. The number of aryl methyl sites for hydroxylation is 1. The van der Waals surface area contributed by atoms with Crippen LogP contribution in [0.25, 0.3) is 5.69 Å². The number of anilines is 1. The number of nitrogens with two attached hydrogens (primary N) is 1. The molecule has 2 N–H and O–H groups in total. The van der Waals surface area contributed by atoms with E-state index in [4.69, 9.17) is 22.7 Å². The van der Waals surface area contributed by atoms with E-state index in [2.05, 4.69) is 19.9 Å². The first-order valence-corrected chi connectivity index (χ1v) is 8.49. The predicted molar refractivity (Wildman–Crippen MR) is 97.6 cm³/mol. The summed E-state index contributed by atoms with van der Waals surface area (Å²) < 4.78 is 8.39. The molecule has 1 atom stereocenters. The molecule has 24 heavy (non-hydrogen) atoms. The largest absolute Gasteiger partial charge is 0.384 e. The molecular formula is C19H21N3OS. The highest BCUT2D eigenvalue weighted by Gasteiger charge is 2.28. The van der Waals surface area contributed by atoms with Crippen LogP contribution in [-0.4, -0.2) is 10.7 Å².